The molecule has 3 aliphatic carbocycles. The number of carbonyl (C=O) groups is 1. The number of hydrogen-bond donors (Lipinski definition) is 0. The van der Waals surface area contributed by atoms with Gasteiger partial charge in [0.15, 0.2) is 0 Å². The van der Waals surface area contributed by atoms with Gasteiger partial charge in [-0.05, 0) is 49.9 Å². The Bertz CT molecular complexity index is 594. The number of benzene rings is 1. The first-order chi connectivity index (χ1) is 17.1. The largest absolute Gasteiger partial charge is 0.390 e. The Balaban J connectivity index is 0.000000675. The molecule has 0 spiro atoms. The quantitative estimate of drug-likeness (QED) is 0.173. The van der Waals surface area contributed by atoms with Crippen molar-refractivity contribution >= 4 is 58.4 Å². The van der Waals surface area contributed by atoms with Gasteiger partial charge in [0.1, 0.15) is 5.78 Å². The second-order valence-electron chi connectivity index (χ2n) is 9.42. The summed E-state index contributed by atoms with van der Waals surface area (Å²) in [5, 5.41) is 1.31. The molecule has 0 bridgehead atoms. The maximum absolute atomic E-state index is 10.5. The Kier molecular flexibility index (Phi) is 24.8. The molecular weight excluding hydrogens is 644 g/mol. The molecule has 8 heteroatoms. The molecule has 2 atom stereocenters. The van der Waals surface area contributed by atoms with Crippen molar-refractivity contribution in [2.75, 3.05) is 6.16 Å². The van der Waals surface area contributed by atoms with E-state index in [1.807, 2.05) is 22.0 Å². The zero-order valence-corrected chi connectivity index (χ0v) is 28.3. The molecule has 0 saturated heterocycles. The molecule has 203 valence electrons. The summed E-state index contributed by atoms with van der Waals surface area (Å²) in [4.78, 5) is 10.5. The molecule has 1 aromatic rings. The van der Waals surface area contributed by atoms with Gasteiger partial charge in [0.2, 0.25) is 0 Å². The van der Waals surface area contributed by atoms with Crippen LogP contribution in [0.25, 0.3) is 0 Å². The van der Waals surface area contributed by atoms with Crippen molar-refractivity contribution in [1.29, 1.82) is 1.28 Å². The summed E-state index contributed by atoms with van der Waals surface area (Å²) in [5.74, 6) is 0.464. The van der Waals surface area contributed by atoms with Gasteiger partial charge in [-0.3, -0.25) is 4.79 Å². The Morgan fingerprint density at radius 1 is 0.886 bits per heavy atom. The Hall–Kier alpha value is 1.14. The van der Waals surface area contributed by atoms with Crippen LogP contribution in [0.2, 0.25) is 0 Å². The fraction of sp³-hybridized carbons (Fsp3) is 0.741. The van der Waals surface area contributed by atoms with E-state index in [0.717, 1.165) is 25.7 Å². The fourth-order valence-electron chi connectivity index (χ4n) is 4.50. The van der Waals surface area contributed by atoms with Crippen molar-refractivity contribution in [3.63, 3.8) is 0 Å². The van der Waals surface area contributed by atoms with Crippen molar-refractivity contribution in [3.05, 3.63) is 30.3 Å². The molecule has 3 saturated carbocycles. The minimum atomic E-state index is -1.74. The zero-order chi connectivity index (χ0) is 25.6. The third-order valence-electron chi connectivity index (χ3n) is 6.51. The van der Waals surface area contributed by atoms with Crippen LogP contribution in [0.1, 0.15) is 110 Å². The van der Waals surface area contributed by atoms with Crippen molar-refractivity contribution in [2.24, 2.45) is 0 Å². The number of hydrogen-bond acceptors (Lipinski definition) is 3. The predicted molar refractivity (Wildman–Crippen MR) is 166 cm³/mol. The molecule has 0 heterocycles. The van der Waals surface area contributed by atoms with Crippen LogP contribution in [0.15, 0.2) is 30.3 Å². The van der Waals surface area contributed by atoms with Crippen LogP contribution in [0.5, 0.6) is 0 Å². The maximum Gasteiger partial charge on any atom is 0.356 e. The Morgan fingerprint density at radius 3 is 1.63 bits per heavy atom. The van der Waals surface area contributed by atoms with Gasteiger partial charge in [-0.25, -0.2) is 0 Å². The summed E-state index contributed by atoms with van der Waals surface area (Å²) in [6.07, 6.45) is 21.6. The molecule has 1 aromatic carbocycles. The Labute approximate surface area is 247 Å². The first-order valence-electron chi connectivity index (χ1n) is 14.0. The van der Waals surface area contributed by atoms with Crippen LogP contribution < -0.4 is 5.19 Å². The van der Waals surface area contributed by atoms with Crippen molar-refractivity contribution < 1.29 is 30.7 Å². The first-order valence-corrected chi connectivity index (χ1v) is 19.4. The molecule has 4 rings (SSSR count). The van der Waals surface area contributed by atoms with Crippen molar-refractivity contribution in [1.82, 2.24) is 0 Å². The Morgan fingerprint density at radius 2 is 1.29 bits per heavy atom. The molecule has 3 aliphatic rings. The minimum Gasteiger partial charge on any atom is -0.390 e. The third-order valence-corrected chi connectivity index (χ3v) is 9.28. The van der Waals surface area contributed by atoms with Crippen LogP contribution in [0.4, 0.5) is 0 Å². The number of Topliss-reactive ketones (excluding diaryl/α,β-unsaturated/α-hetero) is 1. The van der Waals surface area contributed by atoms with E-state index < -0.39 is 9.28 Å². The van der Waals surface area contributed by atoms with Crippen molar-refractivity contribution in [2.45, 2.75) is 122 Å². The standard InChI is InChI=1S/C18H28O2Si.C6H10O.C3H9P.H2IP.Mn/c1-4-10-16(11-5-1)19-21(18-14-8-3-9-15-18)20-17-12-6-2-7-13-17;7-6-4-2-1-3-5-6;1-2-3-4;1-2;/h3,8-9,14-17,21H,1-2,4-7,10-13H2;1-5H2;2-4H2,1H3;2H2;/i;;;2D;. The normalized spacial score (nSPS) is 19.3. The molecule has 3 nitrogen and oxygen atoms in total. The second-order valence-corrected chi connectivity index (χ2v) is 11.9. The van der Waals surface area contributed by atoms with Crippen LogP contribution in [-0.2, 0) is 30.7 Å². The van der Waals surface area contributed by atoms with Gasteiger partial charge in [0.25, 0.3) is 0 Å². The number of carbonyl (C=O) groups excluding carboxylic acids is 1. The molecule has 0 aromatic heterocycles. The maximum atomic E-state index is 10.5. The van der Waals surface area contributed by atoms with Crippen LogP contribution in [0.3, 0.4) is 0 Å². The number of ketones is 1. The van der Waals surface area contributed by atoms with Gasteiger partial charge in [0, 0.05) is 42.1 Å². The molecular formula is C27H49IMnO3P2Si. The van der Waals surface area contributed by atoms with Crippen LogP contribution in [-0.4, -0.2) is 34.7 Å². The minimum absolute atomic E-state index is 0. The molecule has 0 aliphatic heterocycles. The van der Waals surface area contributed by atoms with E-state index in [0.29, 0.717) is 24.8 Å². The summed E-state index contributed by atoms with van der Waals surface area (Å²) >= 11 is 1.98. The summed E-state index contributed by atoms with van der Waals surface area (Å²) in [5.41, 5.74) is 0. The van der Waals surface area contributed by atoms with E-state index >= 15 is 0 Å². The van der Waals surface area contributed by atoms with Gasteiger partial charge in [-0.1, -0.05) is 117 Å². The van der Waals surface area contributed by atoms with E-state index in [-0.39, 0.29) is 17.1 Å². The molecule has 1 radical (unpaired) electrons. The summed E-state index contributed by atoms with van der Waals surface area (Å²) in [6, 6.07) is 10.7. The van der Waals surface area contributed by atoms with Gasteiger partial charge < -0.3 is 8.85 Å². The summed E-state index contributed by atoms with van der Waals surface area (Å²) in [6.45, 7) is 2.46. The molecule has 2 unspecified atom stereocenters. The third kappa shape index (κ3) is 18.1. The van der Waals surface area contributed by atoms with E-state index in [4.69, 9.17) is 10.1 Å². The summed E-state index contributed by atoms with van der Waals surface area (Å²) in [7, 11) is 0.917. The van der Waals surface area contributed by atoms with Gasteiger partial charge in [-0.2, -0.15) is 0 Å². The number of halogens is 1. The first kappa shape index (κ1) is 34.2. The SMILES string of the molecule is CCCP.O=C1CCCCC1.[2H]PI.[Mn].c1ccc([SiH](OC2CCCCC2)OC2CCCCC2)cc1. The second kappa shape index (κ2) is 25.4. The zero-order valence-electron chi connectivity index (χ0n) is 22.7. The van der Waals surface area contributed by atoms with E-state index in [1.54, 1.807) is 0 Å². The van der Waals surface area contributed by atoms with E-state index in [2.05, 4.69) is 46.5 Å². The van der Waals surface area contributed by atoms with Crippen LogP contribution >= 0.6 is 38.1 Å². The van der Waals surface area contributed by atoms with Gasteiger partial charge in [-0.15, -0.1) is 9.24 Å². The van der Waals surface area contributed by atoms with E-state index in [1.165, 1.54) is 88.4 Å². The average molecular weight is 695 g/mol. The fourth-order valence-corrected chi connectivity index (χ4v) is 6.66. The summed E-state index contributed by atoms with van der Waals surface area (Å²) < 4.78 is 19.2. The van der Waals surface area contributed by atoms with E-state index in [9.17, 15) is 4.79 Å². The van der Waals surface area contributed by atoms with Gasteiger partial charge in [0.05, 0.1) is 1.28 Å². The molecule has 35 heavy (non-hydrogen) atoms. The van der Waals surface area contributed by atoms with Gasteiger partial charge >= 0.3 is 9.28 Å². The molecule has 0 N–H and O–H groups in total. The topological polar surface area (TPSA) is 35.5 Å². The molecule has 0 amide bonds. The predicted octanol–water partition coefficient (Wildman–Crippen LogP) is 7.81. The van der Waals surface area contributed by atoms with Crippen molar-refractivity contribution in [3.8, 4) is 0 Å². The number of rotatable bonds is 6. The monoisotopic (exact) mass is 694 g/mol. The molecule has 3 fully saturated rings. The smallest absolute Gasteiger partial charge is 0.356 e. The average Bonchev–Trinajstić information content (AvgIpc) is 2.91. The van der Waals surface area contributed by atoms with Crippen LogP contribution in [0, 0.1) is 0 Å².